The summed E-state index contributed by atoms with van der Waals surface area (Å²) in [6.07, 6.45) is 0.559. The summed E-state index contributed by atoms with van der Waals surface area (Å²) in [5.74, 6) is 0. The number of nitrogens with zero attached hydrogens (tertiary/aromatic N) is 2. The highest BCUT2D eigenvalue weighted by atomic mass is 32.1. The number of rotatable bonds is 3. The third kappa shape index (κ3) is 2.07. The minimum absolute atomic E-state index is 0.251. The van der Waals surface area contributed by atoms with Crippen molar-refractivity contribution in [3.63, 3.8) is 0 Å². The van der Waals surface area contributed by atoms with E-state index >= 15 is 0 Å². The monoisotopic (exact) mass is 180 g/mol. The number of hydrogen-bond donors (Lipinski definition) is 0. The second-order valence-electron chi connectivity index (χ2n) is 2.90. The van der Waals surface area contributed by atoms with Crippen LogP contribution in [0, 0.1) is 11.3 Å². The molecule has 0 aliphatic heterocycles. The molecule has 12 heavy (non-hydrogen) atoms. The molecule has 0 aromatic carbocycles. The van der Waals surface area contributed by atoms with Gasteiger partial charge in [0.2, 0.25) is 0 Å². The molecule has 0 aliphatic rings. The number of hydrogen-bond acceptors (Lipinski definition) is 3. The zero-order valence-electron chi connectivity index (χ0n) is 7.32. The second-order valence-corrected chi connectivity index (χ2v) is 3.68. The van der Waals surface area contributed by atoms with Gasteiger partial charge in [-0.3, -0.25) is 0 Å². The van der Waals surface area contributed by atoms with Crippen LogP contribution in [0.15, 0.2) is 16.8 Å². The van der Waals surface area contributed by atoms with Gasteiger partial charge in [0.1, 0.15) is 0 Å². The first-order valence-electron chi connectivity index (χ1n) is 3.81. The van der Waals surface area contributed by atoms with Gasteiger partial charge in [0.25, 0.3) is 0 Å². The summed E-state index contributed by atoms with van der Waals surface area (Å²) in [7, 11) is 4.00. The lowest BCUT2D eigenvalue weighted by Crippen LogP contribution is -2.18. The first kappa shape index (κ1) is 9.24. The molecule has 0 aliphatic carbocycles. The molecule has 0 N–H and O–H groups in total. The van der Waals surface area contributed by atoms with Crippen LogP contribution in [0.1, 0.15) is 18.0 Å². The van der Waals surface area contributed by atoms with Crippen LogP contribution < -0.4 is 0 Å². The van der Waals surface area contributed by atoms with Gasteiger partial charge in [0.05, 0.1) is 12.5 Å². The lowest BCUT2D eigenvalue weighted by atomic mass is 10.1. The largest absolute Gasteiger partial charge is 0.301 e. The van der Waals surface area contributed by atoms with Crippen LogP contribution >= 0.6 is 11.3 Å². The Kier molecular flexibility index (Phi) is 3.27. The quantitative estimate of drug-likeness (QED) is 0.713. The van der Waals surface area contributed by atoms with E-state index in [2.05, 4.69) is 22.4 Å². The Labute approximate surface area is 77.0 Å². The smallest absolute Gasteiger partial charge is 0.0641 e. The maximum atomic E-state index is 8.61. The predicted octanol–water partition coefficient (Wildman–Crippen LogP) is 2.26. The van der Waals surface area contributed by atoms with E-state index in [1.807, 2.05) is 19.5 Å². The van der Waals surface area contributed by atoms with E-state index in [1.54, 1.807) is 11.3 Å². The zero-order chi connectivity index (χ0) is 8.97. The van der Waals surface area contributed by atoms with Gasteiger partial charge in [-0.15, -0.1) is 0 Å². The Hall–Kier alpha value is -0.850. The van der Waals surface area contributed by atoms with Crippen molar-refractivity contribution in [2.75, 3.05) is 14.1 Å². The third-order valence-electron chi connectivity index (χ3n) is 1.84. The lowest BCUT2D eigenvalue weighted by Gasteiger charge is -2.20. The van der Waals surface area contributed by atoms with Crippen LogP contribution in [-0.2, 0) is 0 Å². The van der Waals surface area contributed by atoms with Gasteiger partial charge in [-0.05, 0) is 36.5 Å². The molecule has 1 atom stereocenters. The topological polar surface area (TPSA) is 27.0 Å². The van der Waals surface area contributed by atoms with Crippen LogP contribution in [0.3, 0.4) is 0 Å². The summed E-state index contributed by atoms with van der Waals surface area (Å²) in [6, 6.07) is 4.53. The molecule has 1 aromatic heterocycles. The summed E-state index contributed by atoms with van der Waals surface area (Å²) in [4.78, 5) is 2.07. The summed E-state index contributed by atoms with van der Waals surface area (Å²) in [5.41, 5.74) is 1.24. The normalized spacial score (nSPS) is 12.8. The van der Waals surface area contributed by atoms with Gasteiger partial charge in [-0.2, -0.15) is 16.6 Å². The van der Waals surface area contributed by atoms with Crippen LogP contribution in [0.5, 0.6) is 0 Å². The maximum absolute atomic E-state index is 8.61. The Bertz CT molecular complexity index is 259. The van der Waals surface area contributed by atoms with E-state index in [9.17, 15) is 0 Å². The fourth-order valence-corrected chi connectivity index (χ4v) is 1.86. The van der Waals surface area contributed by atoms with Gasteiger partial charge in [0, 0.05) is 6.04 Å². The number of nitriles is 1. The van der Waals surface area contributed by atoms with Crippen molar-refractivity contribution in [1.29, 1.82) is 5.26 Å². The van der Waals surface area contributed by atoms with Gasteiger partial charge in [-0.1, -0.05) is 0 Å². The highest BCUT2D eigenvalue weighted by Gasteiger charge is 2.13. The van der Waals surface area contributed by atoms with Gasteiger partial charge >= 0.3 is 0 Å². The van der Waals surface area contributed by atoms with Crippen LogP contribution in [0.25, 0.3) is 0 Å². The summed E-state index contributed by atoms with van der Waals surface area (Å²) < 4.78 is 0. The molecule has 0 amide bonds. The van der Waals surface area contributed by atoms with Crippen LogP contribution in [0.2, 0.25) is 0 Å². The maximum Gasteiger partial charge on any atom is 0.0641 e. The predicted molar refractivity (Wildman–Crippen MR) is 51.0 cm³/mol. The van der Waals surface area contributed by atoms with Crippen molar-refractivity contribution in [3.8, 4) is 6.07 Å². The van der Waals surface area contributed by atoms with E-state index in [1.165, 1.54) is 5.56 Å². The molecule has 3 heteroatoms. The Morgan fingerprint density at radius 2 is 2.42 bits per heavy atom. The molecule has 1 heterocycles. The average molecular weight is 180 g/mol. The van der Waals surface area contributed by atoms with Crippen molar-refractivity contribution in [2.45, 2.75) is 12.5 Å². The molecule has 1 aromatic rings. The van der Waals surface area contributed by atoms with E-state index < -0.39 is 0 Å². The molecule has 1 rings (SSSR count). The van der Waals surface area contributed by atoms with E-state index in [0.29, 0.717) is 6.42 Å². The first-order valence-corrected chi connectivity index (χ1v) is 4.75. The highest BCUT2D eigenvalue weighted by Crippen LogP contribution is 2.23. The standard InChI is InChI=1S/C9H12N2S/c1-11(2)9(3-5-10)8-4-6-12-7-8/h4,6-7,9H,3H2,1-2H3/t9-/m0/s1. The summed E-state index contributed by atoms with van der Waals surface area (Å²) in [6.45, 7) is 0. The minimum Gasteiger partial charge on any atom is -0.301 e. The minimum atomic E-state index is 0.251. The van der Waals surface area contributed by atoms with Crippen LogP contribution in [0.4, 0.5) is 0 Å². The van der Waals surface area contributed by atoms with Crippen molar-refractivity contribution < 1.29 is 0 Å². The Morgan fingerprint density at radius 3 is 2.83 bits per heavy atom. The van der Waals surface area contributed by atoms with Crippen molar-refractivity contribution >= 4 is 11.3 Å². The fraction of sp³-hybridized carbons (Fsp3) is 0.444. The molecule has 64 valence electrons. The summed E-state index contributed by atoms with van der Waals surface area (Å²) in [5, 5.41) is 12.8. The molecule has 0 saturated heterocycles. The van der Waals surface area contributed by atoms with Crippen molar-refractivity contribution in [2.24, 2.45) is 0 Å². The Morgan fingerprint density at radius 1 is 1.67 bits per heavy atom. The van der Waals surface area contributed by atoms with Crippen molar-refractivity contribution in [1.82, 2.24) is 4.90 Å². The van der Waals surface area contributed by atoms with Crippen LogP contribution in [-0.4, -0.2) is 19.0 Å². The molecule has 2 nitrogen and oxygen atoms in total. The molecular formula is C9H12N2S. The SMILES string of the molecule is CN(C)[C@@H](CC#N)c1ccsc1. The van der Waals surface area contributed by atoms with Gasteiger partial charge in [-0.25, -0.2) is 0 Å². The molecule has 0 radical (unpaired) electrons. The fourth-order valence-electron chi connectivity index (χ4n) is 1.15. The average Bonchev–Trinajstić information content (AvgIpc) is 2.51. The molecule has 0 saturated carbocycles. The molecular weight excluding hydrogens is 168 g/mol. The molecule has 0 spiro atoms. The Balaban J connectivity index is 2.75. The molecule has 0 unspecified atom stereocenters. The van der Waals surface area contributed by atoms with E-state index in [4.69, 9.17) is 5.26 Å². The van der Waals surface area contributed by atoms with Gasteiger partial charge in [0.15, 0.2) is 0 Å². The zero-order valence-corrected chi connectivity index (χ0v) is 8.14. The third-order valence-corrected chi connectivity index (χ3v) is 2.54. The first-order chi connectivity index (χ1) is 5.75. The van der Waals surface area contributed by atoms with E-state index in [0.717, 1.165) is 0 Å². The van der Waals surface area contributed by atoms with Crippen molar-refractivity contribution in [3.05, 3.63) is 22.4 Å². The van der Waals surface area contributed by atoms with Gasteiger partial charge < -0.3 is 4.90 Å². The molecule has 0 fully saturated rings. The molecule has 0 bridgehead atoms. The lowest BCUT2D eigenvalue weighted by molar-refractivity contribution is 0.304. The number of thiophene rings is 1. The van der Waals surface area contributed by atoms with E-state index in [-0.39, 0.29) is 6.04 Å². The highest BCUT2D eigenvalue weighted by molar-refractivity contribution is 7.07. The summed E-state index contributed by atoms with van der Waals surface area (Å²) >= 11 is 1.68. The second kappa shape index (κ2) is 4.24.